The molecule has 1 heterocycles. The molecule has 2 aliphatic rings. The van der Waals surface area contributed by atoms with E-state index in [-0.39, 0.29) is 24.4 Å². The third-order valence-electron chi connectivity index (χ3n) is 6.93. The van der Waals surface area contributed by atoms with Crippen molar-refractivity contribution in [1.29, 1.82) is 0 Å². The van der Waals surface area contributed by atoms with Gasteiger partial charge < -0.3 is 15.1 Å². The second kappa shape index (κ2) is 12.4. The van der Waals surface area contributed by atoms with E-state index in [1.165, 1.54) is 17.5 Å². The SMILES string of the molecule is CCc1ccc(/C=C2/SC3CCCCC3N(CC(=O)NCCN(C)Cc3ccccc3)C2=O)cc1. The Morgan fingerprint density at radius 3 is 2.57 bits per heavy atom. The van der Waals surface area contributed by atoms with Crippen molar-refractivity contribution in [2.24, 2.45) is 0 Å². The fourth-order valence-corrected chi connectivity index (χ4v) is 6.41. The van der Waals surface area contributed by atoms with E-state index >= 15 is 0 Å². The topological polar surface area (TPSA) is 52.7 Å². The molecule has 2 atom stereocenters. The van der Waals surface area contributed by atoms with Crippen molar-refractivity contribution in [3.8, 4) is 0 Å². The predicted molar refractivity (Wildman–Crippen MR) is 145 cm³/mol. The molecular formula is C29H37N3O2S. The Morgan fingerprint density at radius 1 is 1.09 bits per heavy atom. The first kappa shape index (κ1) is 25.5. The van der Waals surface area contributed by atoms with Crippen LogP contribution in [0.4, 0.5) is 0 Å². The van der Waals surface area contributed by atoms with Gasteiger partial charge in [0.15, 0.2) is 0 Å². The number of likely N-dealkylation sites (N-methyl/N-ethyl adjacent to an activating group) is 1. The second-order valence-corrected chi connectivity index (χ2v) is 10.9. The number of hydrogen-bond donors (Lipinski definition) is 1. The minimum absolute atomic E-state index is 0.00550. The maximum absolute atomic E-state index is 13.5. The van der Waals surface area contributed by atoms with Crippen LogP contribution in [0.2, 0.25) is 0 Å². The van der Waals surface area contributed by atoms with E-state index in [0.717, 1.165) is 49.2 Å². The molecule has 0 aromatic heterocycles. The molecule has 1 aliphatic heterocycles. The Balaban J connectivity index is 1.36. The van der Waals surface area contributed by atoms with E-state index in [1.807, 2.05) is 29.2 Å². The van der Waals surface area contributed by atoms with Crippen LogP contribution in [-0.4, -0.2) is 59.6 Å². The van der Waals surface area contributed by atoms with Crippen LogP contribution in [0.3, 0.4) is 0 Å². The summed E-state index contributed by atoms with van der Waals surface area (Å²) in [5.74, 6) is -0.0802. The smallest absolute Gasteiger partial charge is 0.261 e. The summed E-state index contributed by atoms with van der Waals surface area (Å²) in [4.78, 5) is 31.1. The van der Waals surface area contributed by atoms with Gasteiger partial charge in [-0.15, -0.1) is 11.8 Å². The number of carbonyl (C=O) groups is 2. The van der Waals surface area contributed by atoms with Gasteiger partial charge in [-0.3, -0.25) is 9.59 Å². The molecule has 186 valence electrons. The van der Waals surface area contributed by atoms with Gasteiger partial charge in [-0.2, -0.15) is 0 Å². The van der Waals surface area contributed by atoms with Crippen LogP contribution in [0.15, 0.2) is 59.5 Å². The monoisotopic (exact) mass is 491 g/mol. The summed E-state index contributed by atoms with van der Waals surface area (Å²) >= 11 is 1.71. The first-order valence-electron chi connectivity index (χ1n) is 12.8. The number of fused-ring (bicyclic) bond motifs is 1. The number of thioether (sulfide) groups is 1. The summed E-state index contributed by atoms with van der Waals surface area (Å²) in [5.41, 5.74) is 3.58. The summed E-state index contributed by atoms with van der Waals surface area (Å²) in [7, 11) is 2.06. The van der Waals surface area contributed by atoms with Gasteiger partial charge in [0.25, 0.3) is 5.91 Å². The van der Waals surface area contributed by atoms with Gasteiger partial charge in [-0.1, -0.05) is 74.4 Å². The minimum Gasteiger partial charge on any atom is -0.353 e. The number of benzene rings is 2. The largest absolute Gasteiger partial charge is 0.353 e. The van der Waals surface area contributed by atoms with E-state index in [0.29, 0.717) is 11.8 Å². The molecule has 35 heavy (non-hydrogen) atoms. The van der Waals surface area contributed by atoms with Gasteiger partial charge in [-0.25, -0.2) is 0 Å². The van der Waals surface area contributed by atoms with E-state index in [9.17, 15) is 9.59 Å². The molecule has 1 saturated heterocycles. The number of nitrogens with zero attached hydrogens (tertiary/aromatic N) is 2. The van der Waals surface area contributed by atoms with Crippen molar-refractivity contribution in [2.45, 2.75) is 56.9 Å². The van der Waals surface area contributed by atoms with E-state index in [1.54, 1.807) is 11.8 Å². The normalized spacial score (nSPS) is 21.3. The maximum atomic E-state index is 13.5. The first-order valence-corrected chi connectivity index (χ1v) is 13.7. The highest BCUT2D eigenvalue weighted by Crippen LogP contribution is 2.42. The fraction of sp³-hybridized carbons (Fsp3) is 0.448. The summed E-state index contributed by atoms with van der Waals surface area (Å²) in [6.45, 7) is 4.45. The molecule has 1 saturated carbocycles. The molecule has 1 N–H and O–H groups in total. The Kier molecular flexibility index (Phi) is 9.05. The zero-order chi connectivity index (χ0) is 24.6. The average molecular weight is 492 g/mol. The van der Waals surface area contributed by atoms with Crippen LogP contribution in [0.25, 0.3) is 6.08 Å². The molecule has 2 fully saturated rings. The number of rotatable bonds is 9. The molecule has 0 spiro atoms. The van der Waals surface area contributed by atoms with Crippen molar-refractivity contribution in [2.75, 3.05) is 26.7 Å². The number of carbonyl (C=O) groups excluding carboxylic acids is 2. The van der Waals surface area contributed by atoms with E-state index < -0.39 is 0 Å². The Hall–Kier alpha value is -2.57. The summed E-state index contributed by atoms with van der Waals surface area (Å²) in [5, 5.41) is 3.41. The zero-order valence-corrected chi connectivity index (χ0v) is 21.7. The van der Waals surface area contributed by atoms with Crippen LogP contribution in [0.1, 0.15) is 49.3 Å². The van der Waals surface area contributed by atoms with Crippen LogP contribution in [0.5, 0.6) is 0 Å². The standard InChI is InChI=1S/C29H37N3O2S/c1-3-22-13-15-23(16-14-22)19-27-29(34)32(25-11-7-8-12-26(25)35-27)21-28(33)30-17-18-31(2)20-24-9-5-4-6-10-24/h4-6,9-10,13-16,19,25-26H,3,7-8,11-12,17-18,20-21H2,1-2H3,(H,30,33)/b27-19+. The van der Waals surface area contributed by atoms with Gasteiger partial charge in [0.2, 0.25) is 5.91 Å². The Bertz CT molecular complexity index is 1020. The molecular weight excluding hydrogens is 454 g/mol. The second-order valence-electron chi connectivity index (χ2n) is 9.62. The summed E-state index contributed by atoms with van der Waals surface area (Å²) in [6.07, 6.45) is 7.38. The van der Waals surface area contributed by atoms with Gasteiger partial charge in [0, 0.05) is 30.9 Å². The minimum atomic E-state index is -0.0747. The molecule has 0 bridgehead atoms. The lowest BCUT2D eigenvalue weighted by Gasteiger charge is -2.43. The number of amides is 2. The molecule has 4 rings (SSSR count). The third kappa shape index (κ3) is 6.98. The highest BCUT2D eigenvalue weighted by Gasteiger charge is 2.41. The molecule has 2 unspecified atom stereocenters. The zero-order valence-electron chi connectivity index (χ0n) is 20.9. The van der Waals surface area contributed by atoms with Crippen molar-refractivity contribution < 1.29 is 9.59 Å². The fourth-order valence-electron chi connectivity index (χ4n) is 4.93. The number of nitrogens with one attached hydrogen (secondary N) is 1. The first-order chi connectivity index (χ1) is 17.0. The van der Waals surface area contributed by atoms with Crippen molar-refractivity contribution in [3.63, 3.8) is 0 Å². The molecule has 2 amide bonds. The third-order valence-corrected chi connectivity index (χ3v) is 8.33. The highest BCUT2D eigenvalue weighted by atomic mass is 32.2. The van der Waals surface area contributed by atoms with Crippen molar-refractivity contribution in [3.05, 3.63) is 76.2 Å². The van der Waals surface area contributed by atoms with Crippen LogP contribution < -0.4 is 5.32 Å². The number of hydrogen-bond acceptors (Lipinski definition) is 4. The summed E-state index contributed by atoms with van der Waals surface area (Å²) < 4.78 is 0. The number of aryl methyl sites for hydroxylation is 1. The van der Waals surface area contributed by atoms with Crippen molar-refractivity contribution in [1.82, 2.24) is 15.1 Å². The molecule has 6 heteroatoms. The molecule has 2 aromatic carbocycles. The van der Waals surface area contributed by atoms with E-state index in [4.69, 9.17) is 0 Å². The lowest BCUT2D eigenvalue weighted by atomic mass is 9.93. The van der Waals surface area contributed by atoms with Gasteiger partial charge in [0.1, 0.15) is 6.54 Å². The predicted octanol–water partition coefficient (Wildman–Crippen LogP) is 4.72. The lowest BCUT2D eigenvalue weighted by molar-refractivity contribution is -0.135. The van der Waals surface area contributed by atoms with Crippen molar-refractivity contribution >= 4 is 29.7 Å². The van der Waals surface area contributed by atoms with Gasteiger partial charge in [-0.05, 0) is 49.1 Å². The van der Waals surface area contributed by atoms with E-state index in [2.05, 4.69) is 60.6 Å². The quantitative estimate of drug-likeness (QED) is 0.516. The van der Waals surface area contributed by atoms with Gasteiger partial charge >= 0.3 is 0 Å². The van der Waals surface area contributed by atoms with Gasteiger partial charge in [0.05, 0.1) is 4.91 Å². The molecule has 2 aromatic rings. The molecule has 1 aliphatic carbocycles. The van der Waals surface area contributed by atoms with Crippen LogP contribution in [0, 0.1) is 0 Å². The Morgan fingerprint density at radius 2 is 1.83 bits per heavy atom. The summed E-state index contributed by atoms with van der Waals surface area (Å²) in [6, 6.07) is 18.9. The highest BCUT2D eigenvalue weighted by molar-refractivity contribution is 8.04. The Labute approximate surface area is 214 Å². The van der Waals surface area contributed by atoms with Crippen LogP contribution >= 0.6 is 11.8 Å². The average Bonchev–Trinajstić information content (AvgIpc) is 2.87. The molecule has 5 nitrogen and oxygen atoms in total. The van der Waals surface area contributed by atoms with Crippen LogP contribution in [-0.2, 0) is 22.6 Å². The molecule has 0 radical (unpaired) electrons. The lowest BCUT2D eigenvalue weighted by Crippen LogP contribution is -2.54. The maximum Gasteiger partial charge on any atom is 0.261 e.